The Hall–Kier alpha value is -3.06. The van der Waals surface area contributed by atoms with E-state index in [1.807, 2.05) is 42.5 Å². The molecule has 0 bridgehead atoms. The lowest BCUT2D eigenvalue weighted by atomic mass is 10.1. The lowest BCUT2D eigenvalue weighted by molar-refractivity contribution is 0.0491. The fraction of sp³-hybridized carbons (Fsp3) is 0.292. The van der Waals surface area contributed by atoms with Gasteiger partial charge in [0.25, 0.3) is 0 Å². The first-order chi connectivity index (χ1) is 15.2. The molecule has 158 valence electrons. The number of benzene rings is 2. The molecule has 1 saturated carbocycles. The number of hydrogen-bond donors (Lipinski definition) is 0. The van der Waals surface area contributed by atoms with Crippen LogP contribution in [0.1, 0.15) is 53.2 Å². The Kier molecular flexibility index (Phi) is 5.51. The van der Waals surface area contributed by atoms with Crippen LogP contribution in [0.3, 0.4) is 0 Å². The zero-order chi connectivity index (χ0) is 21.2. The maximum absolute atomic E-state index is 12.5. The summed E-state index contributed by atoms with van der Waals surface area (Å²) in [6, 6.07) is 18.0. The van der Waals surface area contributed by atoms with Crippen molar-refractivity contribution >= 4 is 28.7 Å². The van der Waals surface area contributed by atoms with Gasteiger partial charge in [0, 0.05) is 22.6 Å². The van der Waals surface area contributed by atoms with Crippen molar-refractivity contribution < 1.29 is 13.9 Å². The van der Waals surface area contributed by atoms with E-state index in [-0.39, 0.29) is 5.76 Å². The summed E-state index contributed by atoms with van der Waals surface area (Å²) < 4.78 is 13.3. The molecule has 4 aromatic rings. The Bertz CT molecular complexity index is 1210. The van der Waals surface area contributed by atoms with Crippen LogP contribution in [0.2, 0.25) is 0 Å². The van der Waals surface area contributed by atoms with Gasteiger partial charge in [-0.2, -0.15) is 0 Å². The number of rotatable bonds is 8. The van der Waals surface area contributed by atoms with E-state index in [2.05, 4.69) is 26.9 Å². The summed E-state index contributed by atoms with van der Waals surface area (Å²) in [7, 11) is 0. The van der Waals surface area contributed by atoms with Crippen LogP contribution in [0.15, 0.2) is 64.2 Å². The zero-order valence-electron chi connectivity index (χ0n) is 17.3. The maximum Gasteiger partial charge on any atom is 0.374 e. The summed E-state index contributed by atoms with van der Waals surface area (Å²) in [6.45, 7) is 2.83. The van der Waals surface area contributed by atoms with Gasteiger partial charge in [0.05, 0.1) is 13.2 Å². The van der Waals surface area contributed by atoms with Gasteiger partial charge in [-0.1, -0.05) is 60.3 Å². The van der Waals surface area contributed by atoms with E-state index >= 15 is 0 Å². The van der Waals surface area contributed by atoms with Crippen molar-refractivity contribution in [3.05, 3.63) is 77.3 Å². The van der Waals surface area contributed by atoms with Crippen molar-refractivity contribution in [3.63, 3.8) is 0 Å². The molecule has 1 aliphatic carbocycles. The Balaban J connectivity index is 1.46. The molecule has 0 spiro atoms. The maximum atomic E-state index is 12.5. The minimum atomic E-state index is -0.432. The molecule has 6 nitrogen and oxygen atoms in total. The van der Waals surface area contributed by atoms with Crippen molar-refractivity contribution in [1.29, 1.82) is 0 Å². The molecule has 0 radical (unpaired) electrons. The molecule has 2 heterocycles. The average Bonchev–Trinajstić information content (AvgIpc) is 3.46. The van der Waals surface area contributed by atoms with Gasteiger partial charge in [-0.3, -0.25) is 0 Å². The average molecular weight is 434 g/mol. The number of ether oxygens (including phenoxy) is 1. The van der Waals surface area contributed by atoms with Crippen LogP contribution >= 0.6 is 11.8 Å². The highest BCUT2D eigenvalue weighted by molar-refractivity contribution is 7.98. The molecule has 2 aromatic heterocycles. The molecule has 7 heteroatoms. The first-order valence-corrected chi connectivity index (χ1v) is 11.5. The van der Waals surface area contributed by atoms with Crippen molar-refractivity contribution in [2.45, 2.75) is 43.1 Å². The van der Waals surface area contributed by atoms with E-state index in [1.54, 1.807) is 18.7 Å². The third kappa shape index (κ3) is 4.10. The second-order valence-corrected chi connectivity index (χ2v) is 8.54. The molecule has 5 rings (SSSR count). The number of nitrogens with zero attached hydrogens (tertiary/aromatic N) is 3. The SMILES string of the molecule is CCOC(=O)c1oc2ccccc2c1CSc1nnc(C2CC2)n1Cc1ccccc1. The molecular formula is C24H23N3O3S. The highest BCUT2D eigenvalue weighted by Gasteiger charge is 2.31. The lowest BCUT2D eigenvalue weighted by Gasteiger charge is -2.10. The van der Waals surface area contributed by atoms with Gasteiger partial charge in [-0.05, 0) is 31.4 Å². The Morgan fingerprint density at radius 3 is 2.68 bits per heavy atom. The third-order valence-electron chi connectivity index (χ3n) is 5.38. The van der Waals surface area contributed by atoms with E-state index in [9.17, 15) is 4.79 Å². The van der Waals surface area contributed by atoms with Gasteiger partial charge in [0.15, 0.2) is 5.16 Å². The standard InChI is InChI=1S/C24H23N3O3S/c1-2-29-23(28)21-19(18-10-6-7-11-20(18)30-21)15-31-24-26-25-22(17-12-13-17)27(24)14-16-8-4-3-5-9-16/h3-11,17H,2,12-15H2,1H3. The second-order valence-electron chi connectivity index (χ2n) is 7.60. The molecule has 0 aliphatic heterocycles. The van der Waals surface area contributed by atoms with Gasteiger partial charge >= 0.3 is 5.97 Å². The van der Waals surface area contributed by atoms with Gasteiger partial charge in [-0.15, -0.1) is 10.2 Å². The van der Waals surface area contributed by atoms with Crippen LogP contribution < -0.4 is 0 Å². The largest absolute Gasteiger partial charge is 0.460 e. The predicted molar refractivity (Wildman–Crippen MR) is 119 cm³/mol. The first kappa shape index (κ1) is 19.9. The monoisotopic (exact) mass is 433 g/mol. The minimum Gasteiger partial charge on any atom is -0.460 e. The highest BCUT2D eigenvalue weighted by Crippen LogP contribution is 2.41. The molecule has 1 aliphatic rings. The molecule has 0 N–H and O–H groups in total. The minimum absolute atomic E-state index is 0.270. The number of furan rings is 1. The Morgan fingerprint density at radius 1 is 1.13 bits per heavy atom. The Labute approximate surface area is 184 Å². The van der Waals surface area contributed by atoms with E-state index < -0.39 is 5.97 Å². The summed E-state index contributed by atoms with van der Waals surface area (Å²) in [4.78, 5) is 12.5. The van der Waals surface area contributed by atoms with Crippen LogP contribution in [0, 0.1) is 0 Å². The van der Waals surface area contributed by atoms with E-state index in [4.69, 9.17) is 9.15 Å². The number of aromatic nitrogens is 3. The van der Waals surface area contributed by atoms with Crippen molar-refractivity contribution in [1.82, 2.24) is 14.8 Å². The van der Waals surface area contributed by atoms with Crippen molar-refractivity contribution in [2.24, 2.45) is 0 Å². The lowest BCUT2D eigenvalue weighted by Crippen LogP contribution is -2.07. The van der Waals surface area contributed by atoms with Crippen molar-refractivity contribution in [3.8, 4) is 0 Å². The fourth-order valence-electron chi connectivity index (χ4n) is 3.71. The predicted octanol–water partition coefficient (Wildman–Crippen LogP) is 5.42. The molecule has 0 atom stereocenters. The van der Waals surface area contributed by atoms with Crippen molar-refractivity contribution in [2.75, 3.05) is 6.61 Å². The smallest absolute Gasteiger partial charge is 0.374 e. The first-order valence-electron chi connectivity index (χ1n) is 10.5. The number of carbonyl (C=O) groups excluding carboxylic acids is 1. The molecule has 2 aromatic carbocycles. The molecule has 0 amide bonds. The summed E-state index contributed by atoms with van der Waals surface area (Å²) in [5, 5.41) is 10.8. The second kappa shape index (κ2) is 8.59. The summed E-state index contributed by atoms with van der Waals surface area (Å²) >= 11 is 1.58. The van der Waals surface area contributed by atoms with Gasteiger partial charge in [-0.25, -0.2) is 4.79 Å². The van der Waals surface area contributed by atoms with Crippen LogP contribution in [-0.4, -0.2) is 27.3 Å². The van der Waals surface area contributed by atoms with E-state index in [1.165, 1.54) is 5.56 Å². The van der Waals surface area contributed by atoms with Gasteiger partial charge in [0.2, 0.25) is 5.76 Å². The van der Waals surface area contributed by atoms with Crippen LogP contribution in [0.4, 0.5) is 0 Å². The topological polar surface area (TPSA) is 70.2 Å². The van der Waals surface area contributed by atoms with Crippen LogP contribution in [-0.2, 0) is 17.0 Å². The molecule has 0 unspecified atom stereocenters. The molecule has 1 fully saturated rings. The van der Waals surface area contributed by atoms with E-state index in [0.717, 1.165) is 41.3 Å². The number of esters is 1. The number of thioether (sulfide) groups is 1. The summed E-state index contributed by atoms with van der Waals surface area (Å²) in [5.41, 5.74) is 2.74. The molecule has 0 saturated heterocycles. The number of para-hydroxylation sites is 1. The quantitative estimate of drug-likeness (QED) is 0.273. The van der Waals surface area contributed by atoms with Crippen LogP contribution in [0.25, 0.3) is 11.0 Å². The number of carbonyl (C=O) groups is 1. The number of fused-ring (bicyclic) bond motifs is 1. The van der Waals surface area contributed by atoms with Crippen LogP contribution in [0.5, 0.6) is 0 Å². The zero-order valence-corrected chi connectivity index (χ0v) is 18.1. The fourth-order valence-corrected chi connectivity index (χ4v) is 4.68. The Morgan fingerprint density at radius 2 is 1.90 bits per heavy atom. The normalized spacial score (nSPS) is 13.6. The highest BCUT2D eigenvalue weighted by atomic mass is 32.2. The molecular weight excluding hydrogens is 410 g/mol. The van der Waals surface area contributed by atoms with E-state index in [0.29, 0.717) is 23.9 Å². The summed E-state index contributed by atoms with van der Waals surface area (Å²) in [5.74, 6) is 1.93. The summed E-state index contributed by atoms with van der Waals surface area (Å²) in [6.07, 6.45) is 2.33. The molecule has 31 heavy (non-hydrogen) atoms. The van der Waals surface area contributed by atoms with Gasteiger partial charge < -0.3 is 13.7 Å². The third-order valence-corrected chi connectivity index (χ3v) is 6.37. The van der Waals surface area contributed by atoms with Gasteiger partial charge in [0.1, 0.15) is 11.4 Å². The number of hydrogen-bond acceptors (Lipinski definition) is 6.